The smallest absolute Gasteiger partial charge is 0.413 e. The van der Waals surface area contributed by atoms with Crippen LogP contribution in [0, 0.1) is 0 Å². The minimum Gasteiger partial charge on any atom is -0.416 e. The van der Waals surface area contributed by atoms with Gasteiger partial charge in [-0.2, -0.15) is 9.68 Å². The van der Waals surface area contributed by atoms with Gasteiger partial charge in [-0.3, -0.25) is 0 Å². The van der Waals surface area contributed by atoms with E-state index in [2.05, 4.69) is 13.1 Å². The first-order valence-electron chi connectivity index (χ1n) is 4.94. The number of hydroxylamine groups is 2. The van der Waals surface area contributed by atoms with Crippen LogP contribution >= 0.6 is 0 Å². The molecule has 0 aromatic rings. The Morgan fingerprint density at radius 3 is 2.14 bits per heavy atom. The Labute approximate surface area is 88.9 Å². The van der Waals surface area contributed by atoms with E-state index in [9.17, 15) is 0 Å². The lowest BCUT2D eigenvalue weighted by Crippen LogP contribution is -2.65. The molecule has 1 saturated heterocycles. The Balaban J connectivity index is 2.86. The monoisotopic (exact) mass is 235 g/mol. The van der Waals surface area contributed by atoms with Crippen molar-refractivity contribution in [3.63, 3.8) is 0 Å². The van der Waals surface area contributed by atoms with E-state index in [-0.39, 0.29) is 0 Å². The zero-order chi connectivity index (χ0) is 10.8. The average molecular weight is 235 g/mol. The van der Waals surface area contributed by atoms with Crippen LogP contribution in [0.15, 0.2) is 0 Å². The first-order chi connectivity index (χ1) is 6.52. The summed E-state index contributed by atoms with van der Waals surface area (Å²) in [6.45, 7) is 5.50. The molecule has 0 spiro atoms. The molecule has 1 rings (SSSR count). The lowest BCUT2D eigenvalue weighted by atomic mass is 10.5. The van der Waals surface area contributed by atoms with Crippen LogP contribution in [-0.4, -0.2) is 48.7 Å². The Morgan fingerprint density at radius 2 is 1.71 bits per heavy atom. The van der Waals surface area contributed by atoms with Gasteiger partial charge in [-0.15, -0.1) is 0 Å². The molecule has 0 aromatic carbocycles. The molecule has 6 heteroatoms. The van der Waals surface area contributed by atoms with Gasteiger partial charge in [-0.1, -0.05) is 4.48 Å². The van der Waals surface area contributed by atoms with Crippen molar-refractivity contribution in [3.05, 3.63) is 0 Å². The summed E-state index contributed by atoms with van der Waals surface area (Å²) < 4.78 is 6.10. The highest BCUT2D eigenvalue weighted by molar-refractivity contribution is 7.26. The van der Waals surface area contributed by atoms with Crippen LogP contribution in [0.25, 0.3) is 0 Å². The zero-order valence-electron chi connectivity index (χ0n) is 9.79. The van der Waals surface area contributed by atoms with E-state index in [0.29, 0.717) is 4.48 Å². The molecule has 0 N–H and O–H groups in total. The van der Waals surface area contributed by atoms with Crippen molar-refractivity contribution in [1.82, 2.24) is 0 Å². The summed E-state index contributed by atoms with van der Waals surface area (Å²) in [4.78, 5) is 11.1. The summed E-state index contributed by atoms with van der Waals surface area (Å²) in [6, 6.07) is 1.24. The van der Waals surface area contributed by atoms with Gasteiger partial charge in [0.1, 0.15) is 6.54 Å². The van der Waals surface area contributed by atoms with E-state index in [4.69, 9.17) is 14.1 Å². The summed E-state index contributed by atoms with van der Waals surface area (Å²) in [5.74, 6) is 0. The van der Waals surface area contributed by atoms with Gasteiger partial charge < -0.3 is 4.43 Å². The van der Waals surface area contributed by atoms with Gasteiger partial charge in [-0.05, 0) is 13.1 Å². The quantitative estimate of drug-likeness (QED) is 0.687. The van der Waals surface area contributed by atoms with E-state index in [1.165, 1.54) is 12.5 Å². The normalized spacial score (nSPS) is 22.9. The zero-order valence-corrected chi connectivity index (χ0v) is 11.8. The van der Waals surface area contributed by atoms with Gasteiger partial charge >= 0.3 is 8.48 Å². The molecule has 0 aromatic heterocycles. The minimum absolute atomic E-state index is 0.414. The maximum Gasteiger partial charge on any atom is 0.413 e. The molecule has 1 heterocycles. The lowest BCUT2D eigenvalue weighted by molar-refractivity contribution is -1.16. The summed E-state index contributed by atoms with van der Waals surface area (Å²) in [7, 11) is 2.97. The second-order valence-electron chi connectivity index (χ2n) is 4.03. The number of rotatable bonds is 4. The SMILES string of the molecule is CO[N+]1(OC)CCC[Si]1[Si](C)(C)OC. The highest BCUT2D eigenvalue weighted by Gasteiger charge is 2.60. The molecule has 1 fully saturated rings. The van der Waals surface area contributed by atoms with Crippen LogP contribution in [0.5, 0.6) is 0 Å². The molecule has 0 atom stereocenters. The van der Waals surface area contributed by atoms with E-state index in [1.54, 1.807) is 14.2 Å². The van der Waals surface area contributed by atoms with Crippen molar-refractivity contribution in [2.75, 3.05) is 27.9 Å². The molecule has 1 radical (unpaired) electrons. The maximum absolute atomic E-state index is 5.69. The molecule has 4 nitrogen and oxygen atoms in total. The Bertz CT molecular complexity index is 197. The van der Waals surface area contributed by atoms with Crippen LogP contribution < -0.4 is 0 Å². The second-order valence-corrected chi connectivity index (χ2v) is 14.9. The topological polar surface area (TPSA) is 27.7 Å². The van der Waals surface area contributed by atoms with Gasteiger partial charge in [0, 0.05) is 19.6 Å². The molecule has 0 bridgehead atoms. The summed E-state index contributed by atoms with van der Waals surface area (Å²) in [5, 5.41) is 0. The molecule has 0 aliphatic carbocycles. The molecule has 83 valence electrons. The first kappa shape index (κ1) is 12.3. The molecule has 1 aliphatic heterocycles. The van der Waals surface area contributed by atoms with Crippen molar-refractivity contribution >= 4 is 16.3 Å². The third kappa shape index (κ3) is 1.95. The molecule has 0 amide bonds. The third-order valence-electron chi connectivity index (χ3n) is 3.07. The van der Waals surface area contributed by atoms with E-state index >= 15 is 0 Å². The second kappa shape index (κ2) is 4.42. The summed E-state index contributed by atoms with van der Waals surface area (Å²) >= 11 is 0. The van der Waals surface area contributed by atoms with Crippen molar-refractivity contribution < 1.29 is 18.6 Å². The highest BCUT2D eigenvalue weighted by atomic mass is 29.2. The van der Waals surface area contributed by atoms with E-state index in [0.717, 1.165) is 6.54 Å². The van der Waals surface area contributed by atoms with Crippen LogP contribution in [-0.2, 0) is 14.1 Å². The molecular formula is C8H21NO3Si2+. The number of quaternary nitrogens is 1. The standard InChI is InChI=1S/C8H21NO3Si2/c1-10-9(11-2)7-6-8-13(9)14(4,5)12-3/h6-8H2,1-5H3/q+1. The maximum atomic E-state index is 5.69. The fourth-order valence-corrected chi connectivity index (χ4v) is 11.8. The Kier molecular flexibility index (Phi) is 3.90. The average Bonchev–Trinajstić information content (AvgIpc) is 2.62. The van der Waals surface area contributed by atoms with Crippen molar-refractivity contribution in [1.29, 1.82) is 0 Å². The van der Waals surface area contributed by atoms with Crippen LogP contribution in [0.4, 0.5) is 0 Å². The third-order valence-corrected chi connectivity index (χ3v) is 14.3. The molecule has 0 saturated carbocycles. The highest BCUT2D eigenvalue weighted by Crippen LogP contribution is 2.31. The number of hydrogen-bond acceptors (Lipinski definition) is 3. The van der Waals surface area contributed by atoms with E-state index in [1.807, 2.05) is 7.11 Å². The van der Waals surface area contributed by atoms with Gasteiger partial charge in [0.2, 0.25) is 0 Å². The molecule has 14 heavy (non-hydrogen) atoms. The fourth-order valence-electron chi connectivity index (χ4n) is 2.07. The van der Waals surface area contributed by atoms with Crippen LogP contribution in [0.2, 0.25) is 19.1 Å². The minimum atomic E-state index is -1.60. The summed E-state index contributed by atoms with van der Waals surface area (Å²) in [6.07, 6.45) is 1.19. The Hall–Kier alpha value is 0.274. The fraction of sp³-hybridized carbons (Fsp3) is 1.00. The molecular weight excluding hydrogens is 214 g/mol. The van der Waals surface area contributed by atoms with Gasteiger partial charge in [0.05, 0.1) is 14.2 Å². The largest absolute Gasteiger partial charge is 0.416 e. The molecule has 1 aliphatic rings. The van der Waals surface area contributed by atoms with Crippen molar-refractivity contribution in [3.8, 4) is 0 Å². The van der Waals surface area contributed by atoms with Crippen LogP contribution in [0.3, 0.4) is 0 Å². The van der Waals surface area contributed by atoms with E-state index < -0.39 is 16.3 Å². The predicted molar refractivity (Wildman–Crippen MR) is 58.8 cm³/mol. The number of nitrogens with zero attached hydrogens (tertiary/aromatic N) is 1. The Morgan fingerprint density at radius 1 is 1.14 bits per heavy atom. The van der Waals surface area contributed by atoms with Gasteiger partial charge in [-0.25, -0.2) is 0 Å². The number of hydrogen-bond donors (Lipinski definition) is 0. The first-order valence-corrected chi connectivity index (χ1v) is 10.5. The van der Waals surface area contributed by atoms with Gasteiger partial charge in [0.25, 0.3) is 7.83 Å². The van der Waals surface area contributed by atoms with Crippen molar-refractivity contribution in [2.24, 2.45) is 0 Å². The summed E-state index contributed by atoms with van der Waals surface area (Å²) in [5.41, 5.74) is 0. The lowest BCUT2D eigenvalue weighted by Gasteiger charge is -2.35. The molecule has 0 unspecified atom stereocenters. The van der Waals surface area contributed by atoms with Crippen LogP contribution in [0.1, 0.15) is 6.42 Å². The van der Waals surface area contributed by atoms with Crippen molar-refractivity contribution in [2.45, 2.75) is 25.6 Å². The van der Waals surface area contributed by atoms with Gasteiger partial charge in [0.15, 0.2) is 0 Å². The predicted octanol–water partition coefficient (Wildman–Crippen LogP) is 1.25.